The van der Waals surface area contributed by atoms with Crippen LogP contribution < -0.4 is 5.73 Å². The highest BCUT2D eigenvalue weighted by atomic mass is 32.2. The van der Waals surface area contributed by atoms with Crippen molar-refractivity contribution in [2.75, 3.05) is 18.8 Å². The first kappa shape index (κ1) is 14.4. The largest absolute Gasteiger partial charge is 0.330 e. The van der Waals surface area contributed by atoms with E-state index in [0.717, 1.165) is 24.8 Å². The number of hydrogen-bond acceptors (Lipinski definition) is 4. The third-order valence-corrected chi connectivity index (χ3v) is 5.44. The van der Waals surface area contributed by atoms with E-state index in [1.54, 1.807) is 16.7 Å². The summed E-state index contributed by atoms with van der Waals surface area (Å²) in [7, 11) is -3.18. The fourth-order valence-corrected chi connectivity index (χ4v) is 4.35. The van der Waals surface area contributed by atoms with Gasteiger partial charge in [0, 0.05) is 18.9 Å². The number of rotatable bonds is 6. The Hall–Kier alpha value is -0.980. The smallest absolute Gasteiger partial charge is 0.214 e. The number of hydrogen-bond donors (Lipinski definition) is 1. The normalized spacial score (nSPS) is 20.8. The number of unbranched alkanes of at least 4 members (excludes halogenated alkanes) is 1. The maximum absolute atomic E-state index is 12.4. The number of aromatic nitrogens is 1. The Bertz CT molecular complexity index is 490. The highest BCUT2D eigenvalue weighted by Gasteiger charge is 2.34. The first-order valence-electron chi connectivity index (χ1n) is 6.74. The van der Waals surface area contributed by atoms with Crippen LogP contribution in [0.15, 0.2) is 24.5 Å². The van der Waals surface area contributed by atoms with Crippen LogP contribution in [0.5, 0.6) is 0 Å². The van der Waals surface area contributed by atoms with Gasteiger partial charge in [-0.3, -0.25) is 4.98 Å². The molecular weight excluding hydrogens is 262 g/mol. The topological polar surface area (TPSA) is 76.3 Å². The summed E-state index contributed by atoms with van der Waals surface area (Å²) in [4.78, 5) is 4.08. The van der Waals surface area contributed by atoms with Crippen molar-refractivity contribution >= 4 is 10.0 Å². The lowest BCUT2D eigenvalue weighted by atomic mass is 10.1. The maximum atomic E-state index is 12.4. The van der Waals surface area contributed by atoms with Crippen LogP contribution >= 0.6 is 0 Å². The van der Waals surface area contributed by atoms with Gasteiger partial charge < -0.3 is 5.73 Å². The molecule has 1 aromatic heterocycles. The SMILES string of the molecule is NCCCCS(=O)(=O)N1CCCC1c1cccnc1. The van der Waals surface area contributed by atoms with Gasteiger partial charge in [-0.15, -0.1) is 0 Å². The predicted molar refractivity (Wildman–Crippen MR) is 75.0 cm³/mol. The van der Waals surface area contributed by atoms with E-state index in [1.165, 1.54) is 0 Å². The Labute approximate surface area is 114 Å². The molecule has 2 N–H and O–H groups in total. The first-order chi connectivity index (χ1) is 9.15. The molecule has 0 saturated carbocycles. The van der Waals surface area contributed by atoms with Gasteiger partial charge >= 0.3 is 0 Å². The summed E-state index contributed by atoms with van der Waals surface area (Å²) in [5.41, 5.74) is 6.40. The third kappa shape index (κ3) is 3.52. The second kappa shape index (κ2) is 6.45. The van der Waals surface area contributed by atoms with Crippen LogP contribution in [-0.4, -0.2) is 36.5 Å². The number of nitrogens with zero attached hydrogens (tertiary/aromatic N) is 2. The van der Waals surface area contributed by atoms with Gasteiger partial charge in [0.2, 0.25) is 10.0 Å². The molecule has 1 saturated heterocycles. The molecule has 1 aromatic rings. The van der Waals surface area contributed by atoms with E-state index in [9.17, 15) is 8.42 Å². The number of pyridine rings is 1. The molecule has 0 aromatic carbocycles. The molecule has 0 spiro atoms. The molecule has 1 atom stereocenters. The van der Waals surface area contributed by atoms with Crippen LogP contribution in [0.1, 0.15) is 37.3 Å². The second-order valence-electron chi connectivity index (χ2n) is 4.87. The molecule has 19 heavy (non-hydrogen) atoms. The van der Waals surface area contributed by atoms with Gasteiger partial charge in [0.15, 0.2) is 0 Å². The lowest BCUT2D eigenvalue weighted by Crippen LogP contribution is -2.32. The Morgan fingerprint density at radius 3 is 2.95 bits per heavy atom. The standard InChI is InChI=1S/C13H21N3O2S/c14-7-1-2-10-19(17,18)16-9-4-6-13(16)12-5-3-8-15-11-12/h3,5,8,11,13H,1-2,4,6-7,9-10,14H2. The van der Waals surface area contributed by atoms with Crippen molar-refractivity contribution in [2.45, 2.75) is 31.7 Å². The molecule has 0 aliphatic carbocycles. The summed E-state index contributed by atoms with van der Waals surface area (Å²) < 4.78 is 26.4. The Morgan fingerprint density at radius 1 is 1.42 bits per heavy atom. The van der Waals surface area contributed by atoms with Crippen molar-refractivity contribution in [3.8, 4) is 0 Å². The molecule has 0 amide bonds. The monoisotopic (exact) mass is 283 g/mol. The van der Waals surface area contributed by atoms with Crippen molar-refractivity contribution in [3.05, 3.63) is 30.1 Å². The zero-order valence-electron chi connectivity index (χ0n) is 11.0. The van der Waals surface area contributed by atoms with E-state index in [-0.39, 0.29) is 11.8 Å². The summed E-state index contributed by atoms with van der Waals surface area (Å²) in [5.74, 6) is 0.195. The van der Waals surface area contributed by atoms with Crippen molar-refractivity contribution < 1.29 is 8.42 Å². The van der Waals surface area contributed by atoms with Gasteiger partial charge in [0.1, 0.15) is 0 Å². The van der Waals surface area contributed by atoms with Gasteiger partial charge in [0.25, 0.3) is 0 Å². The number of sulfonamides is 1. The molecule has 6 heteroatoms. The molecule has 0 radical (unpaired) electrons. The average molecular weight is 283 g/mol. The van der Waals surface area contributed by atoms with E-state index in [2.05, 4.69) is 4.98 Å². The summed E-state index contributed by atoms with van der Waals surface area (Å²) in [5, 5.41) is 0. The second-order valence-corrected chi connectivity index (χ2v) is 6.91. The highest BCUT2D eigenvalue weighted by Crippen LogP contribution is 2.34. The zero-order valence-corrected chi connectivity index (χ0v) is 11.8. The highest BCUT2D eigenvalue weighted by molar-refractivity contribution is 7.89. The van der Waals surface area contributed by atoms with Gasteiger partial charge in [-0.05, 0) is 43.9 Å². The molecular formula is C13H21N3O2S. The third-order valence-electron chi connectivity index (χ3n) is 3.49. The fraction of sp³-hybridized carbons (Fsp3) is 0.615. The minimum atomic E-state index is -3.18. The van der Waals surface area contributed by atoms with Crippen LogP contribution in [0.2, 0.25) is 0 Å². The molecule has 5 nitrogen and oxygen atoms in total. The molecule has 1 aliphatic heterocycles. The molecule has 2 heterocycles. The minimum Gasteiger partial charge on any atom is -0.330 e. The van der Waals surface area contributed by atoms with Crippen LogP contribution in [0.3, 0.4) is 0 Å². The van der Waals surface area contributed by atoms with E-state index < -0.39 is 10.0 Å². The molecule has 1 aliphatic rings. The van der Waals surface area contributed by atoms with Gasteiger partial charge in [-0.25, -0.2) is 8.42 Å². The summed E-state index contributed by atoms with van der Waals surface area (Å²) in [6, 6.07) is 3.76. The number of nitrogens with two attached hydrogens (primary N) is 1. The van der Waals surface area contributed by atoms with Crippen LogP contribution in [-0.2, 0) is 10.0 Å². The Kier molecular flexibility index (Phi) is 4.90. The lowest BCUT2D eigenvalue weighted by Gasteiger charge is -2.24. The minimum absolute atomic E-state index is 0.0448. The van der Waals surface area contributed by atoms with Gasteiger partial charge in [-0.2, -0.15) is 4.31 Å². The Morgan fingerprint density at radius 2 is 2.26 bits per heavy atom. The van der Waals surface area contributed by atoms with Crippen molar-refractivity contribution in [1.29, 1.82) is 0 Å². The first-order valence-corrected chi connectivity index (χ1v) is 8.35. The quantitative estimate of drug-likeness (QED) is 0.798. The molecule has 0 bridgehead atoms. The van der Waals surface area contributed by atoms with E-state index in [0.29, 0.717) is 19.5 Å². The maximum Gasteiger partial charge on any atom is 0.214 e. The van der Waals surface area contributed by atoms with Crippen molar-refractivity contribution in [2.24, 2.45) is 5.73 Å². The molecule has 1 unspecified atom stereocenters. The van der Waals surface area contributed by atoms with Crippen molar-refractivity contribution in [3.63, 3.8) is 0 Å². The average Bonchev–Trinajstić information content (AvgIpc) is 2.90. The van der Waals surface area contributed by atoms with E-state index in [4.69, 9.17) is 5.73 Å². The summed E-state index contributed by atoms with van der Waals surface area (Å²) in [6.07, 6.45) is 6.65. The van der Waals surface area contributed by atoms with Gasteiger partial charge in [-0.1, -0.05) is 6.07 Å². The van der Waals surface area contributed by atoms with Crippen molar-refractivity contribution in [1.82, 2.24) is 9.29 Å². The van der Waals surface area contributed by atoms with E-state index in [1.807, 2.05) is 12.1 Å². The molecule has 106 valence electrons. The zero-order chi connectivity index (χ0) is 13.7. The van der Waals surface area contributed by atoms with E-state index >= 15 is 0 Å². The molecule has 2 rings (SSSR count). The van der Waals surface area contributed by atoms with Gasteiger partial charge in [0.05, 0.1) is 11.8 Å². The summed E-state index contributed by atoms with van der Waals surface area (Å²) in [6.45, 7) is 1.16. The van der Waals surface area contributed by atoms with Crippen LogP contribution in [0.4, 0.5) is 0 Å². The Balaban J connectivity index is 2.10. The summed E-state index contributed by atoms with van der Waals surface area (Å²) >= 11 is 0. The van der Waals surface area contributed by atoms with Crippen LogP contribution in [0, 0.1) is 0 Å². The fourth-order valence-electron chi connectivity index (χ4n) is 2.53. The molecule has 1 fully saturated rings. The van der Waals surface area contributed by atoms with Crippen LogP contribution in [0.25, 0.3) is 0 Å². The lowest BCUT2D eigenvalue weighted by molar-refractivity contribution is 0.395. The predicted octanol–water partition coefficient (Wildman–Crippen LogP) is 1.29.